The maximum Gasteiger partial charge on any atom is 0.268 e. The minimum absolute atomic E-state index is 0.0758. The Balaban J connectivity index is 2.30. The molecule has 1 aromatic carbocycles. The van der Waals surface area contributed by atoms with Crippen LogP contribution in [-0.2, 0) is 5.54 Å². The number of ketones is 1. The van der Waals surface area contributed by atoms with Crippen LogP contribution in [0.5, 0.6) is 0 Å². The smallest absolute Gasteiger partial charge is 0.268 e. The zero-order valence-electron chi connectivity index (χ0n) is 14.0. The molecule has 0 atom stereocenters. The highest BCUT2D eigenvalue weighted by Gasteiger charge is 2.26. The molecular weight excluding hydrogens is 295 g/mol. The number of hydrogen-bond donors (Lipinski definition) is 2. The van der Waals surface area contributed by atoms with Crippen molar-refractivity contribution in [2.75, 3.05) is 0 Å². The lowest BCUT2D eigenvalue weighted by molar-refractivity contribution is 0.0906. The number of rotatable bonds is 4. The molecule has 0 aliphatic carbocycles. The number of Topliss-reactive ketones (excluding diaryl/α,β-unsaturated/α-hetero) is 1. The molecular formula is C18H21FN2O2. The molecule has 0 aliphatic heterocycles. The van der Waals surface area contributed by atoms with E-state index in [1.54, 1.807) is 26.0 Å². The van der Waals surface area contributed by atoms with Crippen molar-refractivity contribution in [3.05, 3.63) is 58.2 Å². The van der Waals surface area contributed by atoms with E-state index in [0.717, 1.165) is 5.56 Å². The van der Waals surface area contributed by atoms with Gasteiger partial charge in [0.2, 0.25) is 0 Å². The first-order valence-electron chi connectivity index (χ1n) is 7.42. The number of amides is 1. The van der Waals surface area contributed by atoms with Crippen LogP contribution in [0.15, 0.2) is 24.3 Å². The first-order chi connectivity index (χ1) is 10.6. The fourth-order valence-corrected chi connectivity index (χ4v) is 2.79. The van der Waals surface area contributed by atoms with E-state index in [1.807, 2.05) is 13.8 Å². The van der Waals surface area contributed by atoms with Crippen LogP contribution in [0.1, 0.15) is 58.4 Å². The van der Waals surface area contributed by atoms with E-state index in [9.17, 15) is 14.0 Å². The number of aromatic nitrogens is 1. The second kappa shape index (κ2) is 5.99. The molecule has 23 heavy (non-hydrogen) atoms. The van der Waals surface area contributed by atoms with Crippen LogP contribution in [0.3, 0.4) is 0 Å². The molecule has 0 saturated heterocycles. The number of halogens is 1. The molecule has 4 nitrogen and oxygen atoms in total. The third-order valence-electron chi connectivity index (χ3n) is 4.01. The highest BCUT2D eigenvalue weighted by Crippen LogP contribution is 2.23. The molecule has 2 aromatic rings. The zero-order chi connectivity index (χ0) is 17.4. The van der Waals surface area contributed by atoms with Crippen LogP contribution in [0.4, 0.5) is 4.39 Å². The van der Waals surface area contributed by atoms with Gasteiger partial charge >= 0.3 is 0 Å². The Labute approximate surface area is 135 Å². The summed E-state index contributed by atoms with van der Waals surface area (Å²) in [4.78, 5) is 27.2. The van der Waals surface area contributed by atoms with Crippen molar-refractivity contribution in [2.24, 2.45) is 0 Å². The van der Waals surface area contributed by atoms with E-state index < -0.39 is 5.54 Å². The van der Waals surface area contributed by atoms with E-state index in [4.69, 9.17) is 0 Å². The Hall–Kier alpha value is -2.43. The normalized spacial score (nSPS) is 11.4. The van der Waals surface area contributed by atoms with Crippen molar-refractivity contribution in [3.63, 3.8) is 0 Å². The third kappa shape index (κ3) is 3.33. The zero-order valence-corrected chi connectivity index (χ0v) is 14.0. The standard InChI is InChI=1S/C18H21FN2O2/c1-10-15(12(3)22)11(2)20-16(10)17(23)21-18(4,5)13-6-8-14(19)9-7-13/h6-9,20H,1-5H3,(H,21,23). The fourth-order valence-electron chi connectivity index (χ4n) is 2.79. The van der Waals surface area contributed by atoms with Crippen LogP contribution < -0.4 is 5.32 Å². The van der Waals surface area contributed by atoms with Gasteiger partial charge in [0.15, 0.2) is 5.78 Å². The van der Waals surface area contributed by atoms with Crippen molar-refractivity contribution >= 4 is 11.7 Å². The quantitative estimate of drug-likeness (QED) is 0.846. The molecule has 0 spiro atoms. The summed E-state index contributed by atoms with van der Waals surface area (Å²) in [5.41, 5.74) is 2.37. The number of nitrogens with one attached hydrogen (secondary N) is 2. The average Bonchev–Trinajstić information content (AvgIpc) is 2.74. The van der Waals surface area contributed by atoms with Gasteiger partial charge in [-0.2, -0.15) is 0 Å². The van der Waals surface area contributed by atoms with Crippen LogP contribution in [0, 0.1) is 19.7 Å². The van der Waals surface area contributed by atoms with Gasteiger partial charge in [0.05, 0.1) is 5.54 Å². The topological polar surface area (TPSA) is 62.0 Å². The number of carbonyl (C=O) groups is 2. The molecule has 1 aromatic heterocycles. The van der Waals surface area contributed by atoms with Gasteiger partial charge in [0.1, 0.15) is 11.5 Å². The predicted octanol–water partition coefficient (Wildman–Crippen LogP) is 3.64. The lowest BCUT2D eigenvalue weighted by Crippen LogP contribution is -2.41. The summed E-state index contributed by atoms with van der Waals surface area (Å²) in [6.07, 6.45) is 0. The molecule has 0 radical (unpaired) electrons. The number of hydrogen-bond acceptors (Lipinski definition) is 2. The number of aryl methyl sites for hydroxylation is 1. The van der Waals surface area contributed by atoms with Crippen molar-refractivity contribution in [1.82, 2.24) is 10.3 Å². The molecule has 0 bridgehead atoms. The number of carbonyl (C=O) groups excluding carboxylic acids is 2. The van der Waals surface area contributed by atoms with Crippen LogP contribution in [-0.4, -0.2) is 16.7 Å². The molecule has 0 saturated carbocycles. The average molecular weight is 316 g/mol. The highest BCUT2D eigenvalue weighted by molar-refractivity contribution is 6.02. The highest BCUT2D eigenvalue weighted by atomic mass is 19.1. The van der Waals surface area contributed by atoms with Gasteiger partial charge < -0.3 is 10.3 Å². The molecule has 0 aliphatic rings. The van der Waals surface area contributed by atoms with Gasteiger partial charge in [-0.25, -0.2) is 4.39 Å². The summed E-state index contributed by atoms with van der Waals surface area (Å²) in [5.74, 6) is -0.696. The first-order valence-corrected chi connectivity index (χ1v) is 7.42. The minimum Gasteiger partial charge on any atom is -0.354 e. The molecule has 122 valence electrons. The Kier molecular flexibility index (Phi) is 4.41. The van der Waals surface area contributed by atoms with Crippen molar-refractivity contribution in [3.8, 4) is 0 Å². The van der Waals surface area contributed by atoms with E-state index in [0.29, 0.717) is 22.5 Å². The van der Waals surface area contributed by atoms with Gasteiger partial charge in [-0.05, 0) is 57.9 Å². The van der Waals surface area contributed by atoms with Gasteiger partial charge in [-0.1, -0.05) is 12.1 Å². The summed E-state index contributed by atoms with van der Waals surface area (Å²) in [6.45, 7) is 8.68. The van der Waals surface area contributed by atoms with Crippen LogP contribution in [0.2, 0.25) is 0 Å². The van der Waals surface area contributed by atoms with E-state index in [2.05, 4.69) is 10.3 Å². The summed E-state index contributed by atoms with van der Waals surface area (Å²) in [7, 11) is 0. The Bertz CT molecular complexity index is 758. The summed E-state index contributed by atoms with van der Waals surface area (Å²) >= 11 is 0. The van der Waals surface area contributed by atoms with Gasteiger partial charge in [-0.3, -0.25) is 9.59 Å². The number of benzene rings is 1. The minimum atomic E-state index is -0.674. The third-order valence-corrected chi connectivity index (χ3v) is 4.01. The second-order valence-corrected chi connectivity index (χ2v) is 6.27. The predicted molar refractivity (Wildman–Crippen MR) is 87.2 cm³/mol. The number of H-pyrrole nitrogens is 1. The summed E-state index contributed by atoms with van der Waals surface area (Å²) in [5, 5.41) is 2.92. The first kappa shape index (κ1) is 16.9. The molecule has 2 rings (SSSR count). The van der Waals surface area contributed by atoms with Crippen LogP contribution in [0.25, 0.3) is 0 Å². The second-order valence-electron chi connectivity index (χ2n) is 6.27. The molecule has 0 fully saturated rings. The molecule has 5 heteroatoms. The van der Waals surface area contributed by atoms with E-state index in [-0.39, 0.29) is 17.5 Å². The Morgan fingerprint density at radius 3 is 2.17 bits per heavy atom. The number of aromatic amines is 1. The maximum atomic E-state index is 13.1. The SMILES string of the molecule is CC(=O)c1c(C)[nH]c(C(=O)NC(C)(C)c2ccc(F)cc2)c1C. The van der Waals surface area contributed by atoms with Gasteiger partial charge in [-0.15, -0.1) is 0 Å². The van der Waals surface area contributed by atoms with E-state index >= 15 is 0 Å². The van der Waals surface area contributed by atoms with E-state index in [1.165, 1.54) is 19.1 Å². The van der Waals surface area contributed by atoms with Crippen LogP contribution >= 0.6 is 0 Å². The summed E-state index contributed by atoms with van der Waals surface area (Å²) in [6, 6.07) is 6.01. The summed E-state index contributed by atoms with van der Waals surface area (Å²) < 4.78 is 13.1. The van der Waals surface area contributed by atoms with Gasteiger partial charge in [0.25, 0.3) is 5.91 Å². The Morgan fingerprint density at radius 2 is 1.70 bits per heavy atom. The lowest BCUT2D eigenvalue weighted by Gasteiger charge is -2.27. The van der Waals surface area contributed by atoms with Crippen molar-refractivity contribution < 1.29 is 14.0 Å². The molecule has 0 unspecified atom stereocenters. The monoisotopic (exact) mass is 316 g/mol. The molecule has 1 amide bonds. The largest absolute Gasteiger partial charge is 0.354 e. The Morgan fingerprint density at radius 1 is 1.13 bits per heavy atom. The maximum absolute atomic E-state index is 13.1. The van der Waals surface area contributed by atoms with Crippen molar-refractivity contribution in [2.45, 2.75) is 40.2 Å². The molecule has 1 heterocycles. The fraction of sp³-hybridized carbons (Fsp3) is 0.333. The van der Waals surface area contributed by atoms with Gasteiger partial charge in [0, 0.05) is 11.3 Å². The lowest BCUT2D eigenvalue weighted by atomic mass is 9.94. The molecule has 2 N–H and O–H groups in total. The van der Waals surface area contributed by atoms with Crippen molar-refractivity contribution in [1.29, 1.82) is 0 Å².